The molecule has 0 unspecified atom stereocenters. The van der Waals surface area contributed by atoms with Gasteiger partial charge in [-0.15, -0.1) is 0 Å². The zero-order chi connectivity index (χ0) is 11.7. The summed E-state index contributed by atoms with van der Waals surface area (Å²) in [7, 11) is 1.84. The zero-order valence-electron chi connectivity index (χ0n) is 9.40. The van der Waals surface area contributed by atoms with E-state index in [1.165, 1.54) is 0 Å². The van der Waals surface area contributed by atoms with Crippen molar-refractivity contribution in [2.75, 3.05) is 19.0 Å². The van der Waals surface area contributed by atoms with E-state index in [9.17, 15) is 0 Å². The second-order valence-electron chi connectivity index (χ2n) is 3.73. The quantitative estimate of drug-likeness (QED) is 0.778. The molecular weight excluding hydrogens is 220 g/mol. The molecule has 1 aliphatic heterocycles. The molecule has 3 rings (SSSR count). The molecule has 7 heteroatoms. The van der Waals surface area contributed by atoms with E-state index >= 15 is 0 Å². The van der Waals surface area contributed by atoms with Gasteiger partial charge in [-0.1, -0.05) is 0 Å². The number of anilines is 1. The van der Waals surface area contributed by atoms with Gasteiger partial charge >= 0.3 is 0 Å². The largest absolute Gasteiger partial charge is 0.376 e. The maximum atomic E-state index is 5.41. The average Bonchev–Trinajstić information content (AvgIpc) is 2.91. The molecule has 2 aromatic heterocycles. The van der Waals surface area contributed by atoms with Gasteiger partial charge in [0.05, 0.1) is 25.1 Å². The van der Waals surface area contributed by atoms with E-state index in [1.54, 1.807) is 6.20 Å². The first-order chi connectivity index (χ1) is 8.38. The van der Waals surface area contributed by atoms with Crippen LogP contribution < -0.4 is 5.32 Å². The Kier molecular flexibility index (Phi) is 2.45. The molecule has 0 spiro atoms. The smallest absolute Gasteiger partial charge is 0.184 e. The van der Waals surface area contributed by atoms with Crippen molar-refractivity contribution in [1.29, 1.82) is 0 Å². The summed E-state index contributed by atoms with van der Waals surface area (Å²) in [5.41, 5.74) is 2.70. The Hall–Kier alpha value is -2.02. The molecule has 0 fully saturated rings. The lowest BCUT2D eigenvalue weighted by Gasteiger charge is -2.18. The summed E-state index contributed by atoms with van der Waals surface area (Å²) in [4.78, 5) is 8.93. The Morgan fingerprint density at radius 2 is 2.35 bits per heavy atom. The average molecular weight is 232 g/mol. The van der Waals surface area contributed by atoms with Crippen LogP contribution in [0.5, 0.6) is 0 Å². The third kappa shape index (κ3) is 1.74. The van der Waals surface area contributed by atoms with Gasteiger partial charge in [-0.2, -0.15) is 15.4 Å². The summed E-state index contributed by atoms with van der Waals surface area (Å²) in [5.74, 6) is 1.39. The van der Waals surface area contributed by atoms with Crippen LogP contribution >= 0.6 is 0 Å². The highest BCUT2D eigenvalue weighted by atomic mass is 16.5. The molecule has 0 saturated heterocycles. The molecule has 0 radical (unpaired) electrons. The topological polar surface area (TPSA) is 88.6 Å². The summed E-state index contributed by atoms with van der Waals surface area (Å²) in [6, 6.07) is 0. The summed E-state index contributed by atoms with van der Waals surface area (Å²) >= 11 is 0. The van der Waals surface area contributed by atoms with Crippen LogP contribution in [0.25, 0.3) is 11.5 Å². The molecule has 88 valence electrons. The van der Waals surface area contributed by atoms with Crippen LogP contribution in [-0.2, 0) is 17.8 Å². The molecule has 0 bridgehead atoms. The fourth-order valence-electron chi connectivity index (χ4n) is 1.86. The number of aromatic amines is 1. The Morgan fingerprint density at radius 1 is 1.41 bits per heavy atom. The summed E-state index contributed by atoms with van der Waals surface area (Å²) in [6.45, 7) is 1.26. The van der Waals surface area contributed by atoms with Gasteiger partial charge in [0.2, 0.25) is 0 Å². The van der Waals surface area contributed by atoms with Crippen LogP contribution in [0.15, 0.2) is 6.20 Å². The maximum absolute atomic E-state index is 5.41. The lowest BCUT2D eigenvalue weighted by Crippen LogP contribution is -2.16. The van der Waals surface area contributed by atoms with E-state index in [4.69, 9.17) is 4.74 Å². The van der Waals surface area contributed by atoms with E-state index < -0.39 is 0 Å². The van der Waals surface area contributed by atoms with E-state index in [2.05, 4.69) is 30.7 Å². The van der Waals surface area contributed by atoms with Crippen LogP contribution in [0.1, 0.15) is 11.3 Å². The molecule has 2 N–H and O–H groups in total. The number of nitrogens with one attached hydrogen (secondary N) is 2. The number of hydrogen-bond acceptors (Lipinski definition) is 6. The van der Waals surface area contributed by atoms with Crippen LogP contribution in [0.4, 0.5) is 5.82 Å². The number of hydrogen-bond donors (Lipinski definition) is 2. The van der Waals surface area contributed by atoms with Crippen LogP contribution in [-0.4, -0.2) is 39.0 Å². The number of fused-ring (bicyclic) bond motifs is 1. The van der Waals surface area contributed by atoms with Gasteiger partial charge in [0.1, 0.15) is 11.5 Å². The number of aromatic nitrogens is 5. The van der Waals surface area contributed by atoms with Crippen molar-refractivity contribution in [3.63, 3.8) is 0 Å². The third-order valence-electron chi connectivity index (χ3n) is 2.70. The number of nitrogens with zero attached hydrogens (tertiary/aromatic N) is 4. The van der Waals surface area contributed by atoms with Crippen molar-refractivity contribution in [1.82, 2.24) is 25.4 Å². The van der Waals surface area contributed by atoms with Crippen molar-refractivity contribution in [3.8, 4) is 11.5 Å². The molecule has 3 heterocycles. The number of rotatable bonds is 2. The van der Waals surface area contributed by atoms with Gasteiger partial charge in [0.25, 0.3) is 0 Å². The van der Waals surface area contributed by atoms with Gasteiger partial charge < -0.3 is 10.1 Å². The van der Waals surface area contributed by atoms with E-state index in [1.807, 2.05) is 7.05 Å². The molecule has 0 saturated carbocycles. The minimum absolute atomic E-state index is 0.560. The standard InChI is InChI=1S/C10H12N6O/c1-11-9-6-5-17-3-2-7(6)13-10(14-9)8-4-12-16-15-8/h4H,2-3,5H2,1H3,(H,11,13,14)(H,12,15,16). The van der Waals surface area contributed by atoms with Crippen molar-refractivity contribution in [2.24, 2.45) is 0 Å². The van der Waals surface area contributed by atoms with Crippen molar-refractivity contribution >= 4 is 5.82 Å². The van der Waals surface area contributed by atoms with Crippen molar-refractivity contribution in [2.45, 2.75) is 13.0 Å². The molecule has 1 aliphatic rings. The lowest BCUT2D eigenvalue weighted by atomic mass is 10.1. The number of ether oxygens (including phenoxy) is 1. The lowest BCUT2D eigenvalue weighted by molar-refractivity contribution is 0.109. The number of H-pyrrole nitrogens is 1. The van der Waals surface area contributed by atoms with E-state index in [0.29, 0.717) is 24.7 Å². The van der Waals surface area contributed by atoms with Crippen molar-refractivity contribution < 1.29 is 4.74 Å². The van der Waals surface area contributed by atoms with E-state index in [0.717, 1.165) is 23.5 Å². The third-order valence-corrected chi connectivity index (χ3v) is 2.70. The first-order valence-corrected chi connectivity index (χ1v) is 5.40. The highest BCUT2D eigenvalue weighted by molar-refractivity contribution is 5.55. The normalized spacial score (nSPS) is 14.4. The molecular formula is C10H12N6O. The van der Waals surface area contributed by atoms with Gasteiger partial charge in [-0.3, -0.25) is 0 Å². The molecule has 0 atom stereocenters. The Labute approximate surface area is 97.6 Å². The summed E-state index contributed by atoms with van der Waals surface area (Å²) in [6.07, 6.45) is 2.41. The Balaban J connectivity index is 2.12. The molecule has 0 amide bonds. The van der Waals surface area contributed by atoms with Crippen LogP contribution in [0.3, 0.4) is 0 Å². The molecule has 7 nitrogen and oxygen atoms in total. The summed E-state index contributed by atoms with van der Waals surface area (Å²) < 4.78 is 5.41. The fraction of sp³-hybridized carbons (Fsp3) is 0.400. The van der Waals surface area contributed by atoms with Gasteiger partial charge in [-0.25, -0.2) is 9.97 Å². The molecule has 17 heavy (non-hydrogen) atoms. The molecule has 0 aliphatic carbocycles. The first kappa shape index (κ1) is 10.2. The molecule has 2 aromatic rings. The minimum Gasteiger partial charge on any atom is -0.376 e. The van der Waals surface area contributed by atoms with Crippen LogP contribution in [0, 0.1) is 0 Å². The second-order valence-corrected chi connectivity index (χ2v) is 3.73. The maximum Gasteiger partial charge on any atom is 0.184 e. The minimum atomic E-state index is 0.560. The highest BCUT2D eigenvalue weighted by Crippen LogP contribution is 2.24. The van der Waals surface area contributed by atoms with Crippen molar-refractivity contribution in [3.05, 3.63) is 17.5 Å². The Morgan fingerprint density at radius 3 is 3.12 bits per heavy atom. The van der Waals surface area contributed by atoms with Crippen LogP contribution in [0.2, 0.25) is 0 Å². The predicted octanol–water partition coefficient (Wildman–Crippen LogP) is 0.376. The van der Waals surface area contributed by atoms with Gasteiger partial charge in [-0.05, 0) is 0 Å². The Bertz CT molecular complexity index is 507. The van der Waals surface area contributed by atoms with Gasteiger partial charge in [0.15, 0.2) is 5.82 Å². The fourth-order valence-corrected chi connectivity index (χ4v) is 1.86. The van der Waals surface area contributed by atoms with Gasteiger partial charge in [0, 0.05) is 19.0 Å². The second kappa shape index (κ2) is 4.10. The predicted molar refractivity (Wildman–Crippen MR) is 60.3 cm³/mol. The molecule has 0 aromatic carbocycles. The summed E-state index contributed by atoms with van der Waals surface area (Å²) in [5, 5.41) is 13.4. The van der Waals surface area contributed by atoms with E-state index in [-0.39, 0.29) is 0 Å². The highest BCUT2D eigenvalue weighted by Gasteiger charge is 2.18. The SMILES string of the molecule is CNc1nc(-c2cn[nH]n2)nc2c1COCC2. The first-order valence-electron chi connectivity index (χ1n) is 5.40. The zero-order valence-corrected chi connectivity index (χ0v) is 9.40. The monoisotopic (exact) mass is 232 g/mol.